The standard InChI is InChI=1S/C30H32F7N3O3S/c1-19(22-12-24(29(32,33)34)15-25(13-22)30(35,36)37)40(28-38-16-27(17-39-28)43-9-10-44(2,41)42)18-21-7-8-26(31)14-23(21)11-20-5-3-4-6-20/h7-8,12-17,19-20H,3-6,9-11,18H2,1-2H3. The molecule has 0 saturated heterocycles. The maximum atomic E-state index is 14.3. The van der Waals surface area contributed by atoms with E-state index in [9.17, 15) is 39.2 Å². The van der Waals surface area contributed by atoms with Gasteiger partial charge < -0.3 is 9.64 Å². The van der Waals surface area contributed by atoms with Crippen molar-refractivity contribution in [2.45, 2.75) is 64.0 Å². The first-order chi connectivity index (χ1) is 20.5. The molecule has 1 atom stereocenters. The fourth-order valence-electron chi connectivity index (χ4n) is 5.27. The second-order valence-electron chi connectivity index (χ2n) is 11.1. The van der Waals surface area contributed by atoms with Crippen molar-refractivity contribution >= 4 is 15.8 Å². The van der Waals surface area contributed by atoms with E-state index in [-0.39, 0.29) is 42.2 Å². The summed E-state index contributed by atoms with van der Waals surface area (Å²) in [7, 11) is -3.30. The van der Waals surface area contributed by atoms with Gasteiger partial charge in [0, 0.05) is 12.8 Å². The van der Waals surface area contributed by atoms with Crippen molar-refractivity contribution in [2.75, 3.05) is 23.5 Å². The summed E-state index contributed by atoms with van der Waals surface area (Å²) in [5.74, 6) is -0.300. The lowest BCUT2D eigenvalue weighted by molar-refractivity contribution is -0.143. The Labute approximate surface area is 251 Å². The largest absolute Gasteiger partial charge is 0.489 e. The summed E-state index contributed by atoms with van der Waals surface area (Å²) in [4.78, 5) is 9.95. The highest BCUT2D eigenvalue weighted by Gasteiger charge is 2.38. The van der Waals surface area contributed by atoms with Gasteiger partial charge in [0.05, 0.1) is 35.3 Å². The molecule has 6 nitrogen and oxygen atoms in total. The third-order valence-corrected chi connectivity index (χ3v) is 8.55. The van der Waals surface area contributed by atoms with Crippen LogP contribution in [0.3, 0.4) is 0 Å². The van der Waals surface area contributed by atoms with E-state index in [0.717, 1.165) is 31.9 Å². The number of ether oxygens (including phenoxy) is 1. The van der Waals surface area contributed by atoms with E-state index in [1.54, 1.807) is 6.07 Å². The number of hydrogen-bond acceptors (Lipinski definition) is 6. The van der Waals surface area contributed by atoms with Crippen LogP contribution in [0.1, 0.15) is 66.5 Å². The molecule has 0 aliphatic heterocycles. The molecule has 0 radical (unpaired) electrons. The smallest absolute Gasteiger partial charge is 0.416 e. The molecule has 14 heteroatoms. The number of sulfone groups is 1. The van der Waals surface area contributed by atoms with Crippen LogP contribution in [-0.2, 0) is 35.2 Å². The van der Waals surface area contributed by atoms with Crippen molar-refractivity contribution in [3.05, 3.63) is 82.4 Å². The highest BCUT2D eigenvalue weighted by atomic mass is 32.2. The van der Waals surface area contributed by atoms with Crippen molar-refractivity contribution < 1.29 is 43.9 Å². The Morgan fingerprint density at radius 3 is 2.07 bits per heavy atom. The lowest BCUT2D eigenvalue weighted by atomic mass is 9.93. The number of hydrogen-bond donors (Lipinski definition) is 0. The predicted octanol–water partition coefficient (Wildman–Crippen LogP) is 7.58. The molecule has 2 aromatic carbocycles. The fraction of sp³-hybridized carbons (Fsp3) is 0.467. The Hall–Kier alpha value is -3.42. The minimum absolute atomic E-state index is 0.0323. The van der Waals surface area contributed by atoms with Gasteiger partial charge in [-0.25, -0.2) is 22.8 Å². The summed E-state index contributed by atoms with van der Waals surface area (Å²) in [6.07, 6.45) is -1.90. The van der Waals surface area contributed by atoms with Gasteiger partial charge in [0.2, 0.25) is 5.95 Å². The molecule has 0 spiro atoms. The average Bonchev–Trinajstić information content (AvgIpc) is 3.44. The van der Waals surface area contributed by atoms with Crippen molar-refractivity contribution in [3.63, 3.8) is 0 Å². The number of anilines is 1. The van der Waals surface area contributed by atoms with E-state index in [1.807, 2.05) is 0 Å². The molecule has 1 aliphatic carbocycles. The Morgan fingerprint density at radius 2 is 1.52 bits per heavy atom. The monoisotopic (exact) mass is 647 g/mol. The first-order valence-corrected chi connectivity index (χ1v) is 16.0. The molecule has 1 fully saturated rings. The number of nitrogens with zero attached hydrogens (tertiary/aromatic N) is 3. The Morgan fingerprint density at radius 1 is 0.932 bits per heavy atom. The molecular weight excluding hydrogens is 615 g/mol. The summed E-state index contributed by atoms with van der Waals surface area (Å²) >= 11 is 0. The number of aromatic nitrogens is 2. The van der Waals surface area contributed by atoms with Gasteiger partial charge in [0.1, 0.15) is 12.4 Å². The lowest BCUT2D eigenvalue weighted by Gasteiger charge is -2.31. The zero-order chi connectivity index (χ0) is 32.3. The summed E-state index contributed by atoms with van der Waals surface area (Å²) in [5, 5.41) is 0. The number of benzene rings is 2. The van der Waals surface area contributed by atoms with E-state index >= 15 is 0 Å². The molecule has 1 saturated carbocycles. The van der Waals surface area contributed by atoms with E-state index < -0.39 is 45.2 Å². The van der Waals surface area contributed by atoms with Crippen LogP contribution in [-0.4, -0.2) is 37.0 Å². The molecule has 4 rings (SSSR count). The fourth-order valence-corrected chi connectivity index (χ4v) is 5.66. The quantitative estimate of drug-likeness (QED) is 0.200. The highest BCUT2D eigenvalue weighted by molar-refractivity contribution is 7.90. The SMILES string of the molecule is CC(c1cc(C(F)(F)F)cc(C(F)(F)F)c1)N(Cc1ccc(F)cc1CC1CCCC1)c1ncc(OCCS(C)(=O)=O)cn1. The summed E-state index contributed by atoms with van der Waals surface area (Å²) < 4.78 is 125. The third kappa shape index (κ3) is 9.05. The van der Waals surface area contributed by atoms with Crippen LogP contribution in [0.25, 0.3) is 0 Å². The molecule has 1 aliphatic rings. The Balaban J connectivity index is 1.74. The molecule has 44 heavy (non-hydrogen) atoms. The molecular formula is C30H32F7N3O3S. The van der Waals surface area contributed by atoms with Crippen LogP contribution in [0, 0.1) is 11.7 Å². The molecule has 1 heterocycles. The van der Waals surface area contributed by atoms with Gasteiger partial charge in [0.15, 0.2) is 15.6 Å². The zero-order valence-corrected chi connectivity index (χ0v) is 24.9. The number of halogens is 7. The van der Waals surface area contributed by atoms with Crippen molar-refractivity contribution in [2.24, 2.45) is 5.92 Å². The van der Waals surface area contributed by atoms with Crippen LogP contribution >= 0.6 is 0 Å². The molecule has 240 valence electrons. The summed E-state index contributed by atoms with van der Waals surface area (Å²) in [6, 6.07) is 4.51. The van der Waals surface area contributed by atoms with E-state index in [1.165, 1.54) is 36.4 Å². The van der Waals surface area contributed by atoms with Crippen LogP contribution < -0.4 is 9.64 Å². The van der Waals surface area contributed by atoms with Crippen molar-refractivity contribution in [3.8, 4) is 5.75 Å². The minimum Gasteiger partial charge on any atom is -0.489 e. The molecule has 0 bridgehead atoms. The maximum Gasteiger partial charge on any atom is 0.416 e. The van der Waals surface area contributed by atoms with Crippen molar-refractivity contribution in [1.29, 1.82) is 0 Å². The van der Waals surface area contributed by atoms with Crippen LogP contribution in [0.5, 0.6) is 5.75 Å². The van der Waals surface area contributed by atoms with E-state index in [0.29, 0.717) is 35.6 Å². The van der Waals surface area contributed by atoms with Gasteiger partial charge in [-0.05, 0) is 66.3 Å². The van der Waals surface area contributed by atoms with Gasteiger partial charge in [-0.2, -0.15) is 26.3 Å². The predicted molar refractivity (Wildman–Crippen MR) is 150 cm³/mol. The molecule has 0 amide bonds. The van der Waals surface area contributed by atoms with Gasteiger partial charge >= 0.3 is 12.4 Å². The second-order valence-corrected chi connectivity index (χ2v) is 13.4. The van der Waals surface area contributed by atoms with Gasteiger partial charge in [-0.3, -0.25) is 0 Å². The summed E-state index contributed by atoms with van der Waals surface area (Å²) in [6.45, 7) is 1.22. The van der Waals surface area contributed by atoms with Crippen LogP contribution in [0.15, 0.2) is 48.8 Å². The van der Waals surface area contributed by atoms with Crippen molar-refractivity contribution in [1.82, 2.24) is 9.97 Å². The lowest BCUT2D eigenvalue weighted by Crippen LogP contribution is -2.29. The Kier molecular flexibility index (Phi) is 10.1. The normalized spacial score (nSPS) is 15.4. The molecule has 0 N–H and O–H groups in total. The average molecular weight is 648 g/mol. The maximum absolute atomic E-state index is 14.3. The topological polar surface area (TPSA) is 72.4 Å². The number of rotatable bonds is 11. The molecule has 1 unspecified atom stereocenters. The minimum atomic E-state index is -5.03. The molecule has 3 aromatic rings. The third-order valence-electron chi connectivity index (χ3n) is 7.65. The zero-order valence-electron chi connectivity index (χ0n) is 24.1. The summed E-state index contributed by atoms with van der Waals surface area (Å²) in [5.41, 5.74) is -1.86. The van der Waals surface area contributed by atoms with Crippen LogP contribution in [0.4, 0.5) is 36.7 Å². The first-order valence-electron chi connectivity index (χ1n) is 14.0. The van der Waals surface area contributed by atoms with Gasteiger partial charge in [0.25, 0.3) is 0 Å². The first kappa shape index (κ1) is 33.5. The molecule has 1 aromatic heterocycles. The number of alkyl halides is 6. The van der Waals surface area contributed by atoms with E-state index in [2.05, 4.69) is 9.97 Å². The van der Waals surface area contributed by atoms with Gasteiger partial charge in [-0.15, -0.1) is 0 Å². The second kappa shape index (κ2) is 13.3. The van der Waals surface area contributed by atoms with E-state index in [4.69, 9.17) is 4.74 Å². The Bertz CT molecular complexity index is 1510. The van der Waals surface area contributed by atoms with Crippen LogP contribution in [0.2, 0.25) is 0 Å². The highest BCUT2D eigenvalue weighted by Crippen LogP contribution is 2.39. The van der Waals surface area contributed by atoms with Gasteiger partial charge in [-0.1, -0.05) is 31.7 Å².